The molecule has 0 radical (unpaired) electrons. The van der Waals surface area contributed by atoms with Gasteiger partial charge in [0.05, 0.1) is 16.1 Å². The van der Waals surface area contributed by atoms with E-state index in [1.165, 1.54) is 0 Å². The van der Waals surface area contributed by atoms with Gasteiger partial charge in [-0.2, -0.15) is 0 Å². The SMILES string of the molecule is NC(=O)c1cn(Cc2ccc3ncc(Cl)cc3c2)c2ncccc12. The van der Waals surface area contributed by atoms with Crippen molar-refractivity contribution in [2.24, 2.45) is 5.73 Å². The predicted molar refractivity (Wildman–Crippen MR) is 94.1 cm³/mol. The number of amides is 1. The number of benzene rings is 1. The molecule has 0 spiro atoms. The fraction of sp³-hybridized carbons (Fsp3) is 0.0556. The molecule has 4 rings (SSSR count). The van der Waals surface area contributed by atoms with Gasteiger partial charge in [0.15, 0.2) is 0 Å². The van der Waals surface area contributed by atoms with Gasteiger partial charge in [0, 0.05) is 35.9 Å². The van der Waals surface area contributed by atoms with Crippen molar-refractivity contribution in [2.45, 2.75) is 6.54 Å². The second-order valence-corrected chi connectivity index (χ2v) is 6.03. The first-order chi connectivity index (χ1) is 11.6. The lowest BCUT2D eigenvalue weighted by Crippen LogP contribution is -2.10. The maximum absolute atomic E-state index is 11.7. The monoisotopic (exact) mass is 336 g/mol. The van der Waals surface area contributed by atoms with Crippen molar-refractivity contribution in [1.82, 2.24) is 14.5 Å². The van der Waals surface area contributed by atoms with Gasteiger partial charge >= 0.3 is 0 Å². The number of rotatable bonds is 3. The van der Waals surface area contributed by atoms with Gasteiger partial charge in [0.1, 0.15) is 5.65 Å². The van der Waals surface area contributed by atoms with E-state index in [0.717, 1.165) is 27.5 Å². The fourth-order valence-electron chi connectivity index (χ4n) is 2.89. The molecule has 0 unspecified atom stereocenters. The van der Waals surface area contributed by atoms with E-state index in [2.05, 4.69) is 9.97 Å². The zero-order valence-electron chi connectivity index (χ0n) is 12.6. The molecule has 6 heteroatoms. The molecule has 5 nitrogen and oxygen atoms in total. The number of hydrogen-bond donors (Lipinski definition) is 1. The summed E-state index contributed by atoms with van der Waals surface area (Å²) in [5.74, 6) is -0.457. The maximum Gasteiger partial charge on any atom is 0.250 e. The topological polar surface area (TPSA) is 73.8 Å². The van der Waals surface area contributed by atoms with Crippen LogP contribution in [0.25, 0.3) is 21.9 Å². The van der Waals surface area contributed by atoms with E-state index in [4.69, 9.17) is 17.3 Å². The zero-order valence-corrected chi connectivity index (χ0v) is 13.4. The van der Waals surface area contributed by atoms with Crippen molar-refractivity contribution >= 4 is 39.4 Å². The second-order valence-electron chi connectivity index (χ2n) is 5.59. The van der Waals surface area contributed by atoms with Crippen LogP contribution in [0.5, 0.6) is 0 Å². The van der Waals surface area contributed by atoms with E-state index in [0.29, 0.717) is 17.1 Å². The van der Waals surface area contributed by atoms with Crippen LogP contribution >= 0.6 is 11.6 Å². The third-order valence-electron chi connectivity index (χ3n) is 3.96. The lowest BCUT2D eigenvalue weighted by atomic mass is 10.1. The van der Waals surface area contributed by atoms with Crippen molar-refractivity contribution in [3.8, 4) is 0 Å². The van der Waals surface area contributed by atoms with Gasteiger partial charge in [-0.25, -0.2) is 4.98 Å². The Kier molecular flexibility index (Phi) is 3.43. The average Bonchev–Trinajstić information content (AvgIpc) is 2.94. The Hall–Kier alpha value is -2.92. The van der Waals surface area contributed by atoms with E-state index < -0.39 is 5.91 Å². The molecule has 0 aliphatic carbocycles. The van der Waals surface area contributed by atoms with Crippen molar-refractivity contribution in [2.75, 3.05) is 0 Å². The minimum absolute atomic E-state index is 0.457. The molecule has 0 bridgehead atoms. The standard InChI is InChI=1S/C18H13ClN4O/c19-13-7-12-6-11(3-4-16(12)22-8-13)9-23-10-15(17(20)24)14-2-1-5-21-18(14)23/h1-8,10H,9H2,(H2,20,24). The smallest absolute Gasteiger partial charge is 0.250 e. The van der Waals surface area contributed by atoms with Gasteiger partial charge in [-0.05, 0) is 35.9 Å². The number of pyridine rings is 2. The van der Waals surface area contributed by atoms with E-state index in [1.807, 2.05) is 34.9 Å². The van der Waals surface area contributed by atoms with Crippen LogP contribution in [0, 0.1) is 0 Å². The Labute approximate surface area is 142 Å². The summed E-state index contributed by atoms with van der Waals surface area (Å²) < 4.78 is 1.93. The molecular formula is C18H13ClN4O. The van der Waals surface area contributed by atoms with Crippen LogP contribution in [0.15, 0.2) is 55.0 Å². The van der Waals surface area contributed by atoms with Crippen molar-refractivity contribution < 1.29 is 4.79 Å². The first-order valence-electron chi connectivity index (χ1n) is 7.40. The number of carbonyl (C=O) groups is 1. The molecule has 2 N–H and O–H groups in total. The zero-order chi connectivity index (χ0) is 16.7. The molecule has 3 heterocycles. The molecule has 0 saturated carbocycles. The van der Waals surface area contributed by atoms with Crippen LogP contribution in [-0.2, 0) is 6.54 Å². The summed E-state index contributed by atoms with van der Waals surface area (Å²) in [6.45, 7) is 0.573. The third-order valence-corrected chi connectivity index (χ3v) is 4.17. The number of carbonyl (C=O) groups excluding carboxylic acids is 1. The first-order valence-corrected chi connectivity index (χ1v) is 7.77. The number of aromatic nitrogens is 3. The Balaban J connectivity index is 1.80. The Morgan fingerprint density at radius 2 is 2.08 bits per heavy atom. The molecular weight excluding hydrogens is 324 g/mol. The van der Waals surface area contributed by atoms with Crippen LogP contribution in [0.2, 0.25) is 5.02 Å². The molecule has 0 aliphatic heterocycles. The van der Waals surface area contributed by atoms with Crippen LogP contribution in [0.1, 0.15) is 15.9 Å². The normalized spacial score (nSPS) is 11.2. The Morgan fingerprint density at radius 1 is 1.21 bits per heavy atom. The fourth-order valence-corrected chi connectivity index (χ4v) is 3.06. The van der Waals surface area contributed by atoms with Crippen LogP contribution in [0.4, 0.5) is 0 Å². The quantitative estimate of drug-likeness (QED) is 0.623. The molecule has 1 amide bonds. The molecule has 0 saturated heterocycles. The summed E-state index contributed by atoms with van der Waals surface area (Å²) in [5, 5.41) is 2.33. The summed E-state index contributed by atoms with van der Waals surface area (Å²) >= 11 is 6.02. The van der Waals surface area contributed by atoms with Crippen LogP contribution < -0.4 is 5.73 Å². The lowest BCUT2D eigenvalue weighted by Gasteiger charge is -2.06. The maximum atomic E-state index is 11.7. The van der Waals surface area contributed by atoms with E-state index in [9.17, 15) is 4.79 Å². The highest BCUT2D eigenvalue weighted by molar-refractivity contribution is 6.31. The highest BCUT2D eigenvalue weighted by Crippen LogP contribution is 2.22. The highest BCUT2D eigenvalue weighted by atomic mass is 35.5. The minimum Gasteiger partial charge on any atom is -0.366 e. The van der Waals surface area contributed by atoms with Crippen molar-refractivity contribution in [1.29, 1.82) is 0 Å². The summed E-state index contributed by atoms with van der Waals surface area (Å²) in [6.07, 6.45) is 5.08. The number of fused-ring (bicyclic) bond motifs is 2. The third kappa shape index (κ3) is 2.49. The summed E-state index contributed by atoms with van der Waals surface area (Å²) in [5.41, 5.74) is 8.63. The molecule has 4 aromatic rings. The molecule has 1 aromatic carbocycles. The van der Waals surface area contributed by atoms with Gasteiger partial charge in [0.2, 0.25) is 0 Å². The summed E-state index contributed by atoms with van der Waals surface area (Å²) in [7, 11) is 0. The Morgan fingerprint density at radius 3 is 2.92 bits per heavy atom. The van der Waals surface area contributed by atoms with Gasteiger partial charge in [-0.15, -0.1) is 0 Å². The molecule has 118 valence electrons. The molecule has 24 heavy (non-hydrogen) atoms. The minimum atomic E-state index is -0.457. The highest BCUT2D eigenvalue weighted by Gasteiger charge is 2.13. The van der Waals surface area contributed by atoms with Gasteiger partial charge in [-0.1, -0.05) is 17.7 Å². The average molecular weight is 337 g/mol. The van der Waals surface area contributed by atoms with Crippen LogP contribution in [-0.4, -0.2) is 20.4 Å². The number of hydrogen-bond acceptors (Lipinski definition) is 3. The summed E-state index contributed by atoms with van der Waals surface area (Å²) in [6, 6.07) is 11.5. The molecule has 3 aromatic heterocycles. The largest absolute Gasteiger partial charge is 0.366 e. The van der Waals surface area contributed by atoms with Crippen LogP contribution in [0.3, 0.4) is 0 Å². The number of nitrogens with zero attached hydrogens (tertiary/aromatic N) is 3. The Bertz CT molecular complexity index is 1090. The predicted octanol–water partition coefficient (Wildman–Crippen LogP) is 3.39. The summed E-state index contributed by atoms with van der Waals surface area (Å²) in [4.78, 5) is 20.3. The van der Waals surface area contributed by atoms with Crippen molar-refractivity contribution in [3.63, 3.8) is 0 Å². The van der Waals surface area contributed by atoms with E-state index >= 15 is 0 Å². The molecule has 0 fully saturated rings. The van der Waals surface area contributed by atoms with Gasteiger partial charge in [0.25, 0.3) is 5.91 Å². The van der Waals surface area contributed by atoms with Gasteiger partial charge < -0.3 is 10.3 Å². The number of nitrogens with two attached hydrogens (primary N) is 1. The molecule has 0 atom stereocenters. The van der Waals surface area contributed by atoms with Crippen molar-refractivity contribution in [3.05, 3.63) is 71.1 Å². The molecule has 0 aliphatic rings. The van der Waals surface area contributed by atoms with E-state index in [-0.39, 0.29) is 0 Å². The number of halogens is 1. The first kappa shape index (κ1) is 14.7. The lowest BCUT2D eigenvalue weighted by molar-refractivity contribution is 0.100. The van der Waals surface area contributed by atoms with Gasteiger partial charge in [-0.3, -0.25) is 9.78 Å². The van der Waals surface area contributed by atoms with E-state index in [1.54, 1.807) is 24.7 Å². The number of primary amides is 1. The second kappa shape index (κ2) is 5.62.